The lowest BCUT2D eigenvalue weighted by atomic mass is 9.89. The number of aliphatic imine (C=N–C) groups is 1. The van der Waals surface area contributed by atoms with Crippen molar-refractivity contribution in [1.29, 1.82) is 0 Å². The van der Waals surface area contributed by atoms with Crippen LogP contribution in [0.15, 0.2) is 40.1 Å². The predicted molar refractivity (Wildman–Crippen MR) is 101 cm³/mol. The second-order valence-electron chi connectivity index (χ2n) is 6.82. The van der Waals surface area contributed by atoms with Gasteiger partial charge in [0.1, 0.15) is 0 Å². The normalized spacial score (nSPS) is 13.3. The first-order chi connectivity index (χ1) is 12.0. The fraction of sp³-hybridized carbons (Fsp3) is 0.526. The Bertz CT molecular complexity index is 663. The molecule has 0 bridgehead atoms. The molecule has 0 fully saturated rings. The molecule has 0 aliphatic rings. The van der Waals surface area contributed by atoms with E-state index in [1.54, 1.807) is 13.2 Å². The number of nitrogens with zero attached hydrogens (tertiary/aromatic N) is 3. The highest BCUT2D eigenvalue weighted by Crippen LogP contribution is 2.22. The largest absolute Gasteiger partial charge is 0.359 e. The minimum absolute atomic E-state index is 0.362. The fourth-order valence-corrected chi connectivity index (χ4v) is 2.62. The molecule has 0 amide bonds. The van der Waals surface area contributed by atoms with Crippen molar-refractivity contribution in [3.63, 3.8) is 0 Å². The molecule has 1 unspecified atom stereocenters. The number of guanidine groups is 1. The molecule has 2 aromatic rings. The van der Waals surface area contributed by atoms with Crippen LogP contribution in [0, 0.1) is 5.92 Å². The molecular weight excluding hydrogens is 314 g/mol. The molecule has 2 N–H and O–H groups in total. The van der Waals surface area contributed by atoms with Gasteiger partial charge in [0.15, 0.2) is 11.7 Å². The lowest BCUT2D eigenvalue weighted by Gasteiger charge is -2.22. The molecule has 0 aliphatic heterocycles. The third kappa shape index (κ3) is 5.59. The molecule has 25 heavy (non-hydrogen) atoms. The maximum Gasteiger partial charge on any atom is 0.191 e. The van der Waals surface area contributed by atoms with Crippen LogP contribution in [0.25, 0.3) is 0 Å². The Labute approximate surface area is 150 Å². The van der Waals surface area contributed by atoms with Gasteiger partial charge >= 0.3 is 0 Å². The minimum atomic E-state index is 0.362. The molecule has 0 aromatic carbocycles. The second kappa shape index (κ2) is 9.20. The molecule has 1 atom stereocenters. The maximum atomic E-state index is 5.35. The molecule has 6 heteroatoms. The molecule has 2 heterocycles. The molecule has 0 saturated carbocycles. The molecule has 0 spiro atoms. The highest BCUT2D eigenvalue weighted by Gasteiger charge is 2.16. The second-order valence-corrected chi connectivity index (χ2v) is 6.82. The zero-order valence-corrected chi connectivity index (χ0v) is 15.8. The highest BCUT2D eigenvalue weighted by molar-refractivity contribution is 5.79. The highest BCUT2D eigenvalue weighted by atomic mass is 16.5. The first kappa shape index (κ1) is 19.0. The van der Waals surface area contributed by atoms with E-state index in [0.717, 1.165) is 24.0 Å². The van der Waals surface area contributed by atoms with Gasteiger partial charge in [-0.15, -0.1) is 0 Å². The summed E-state index contributed by atoms with van der Waals surface area (Å²) in [7, 11) is 1.77. The van der Waals surface area contributed by atoms with E-state index in [0.29, 0.717) is 24.3 Å². The smallest absolute Gasteiger partial charge is 0.191 e. The number of pyridine rings is 1. The molecule has 2 aromatic heterocycles. The zero-order chi connectivity index (χ0) is 18.2. The third-order valence-corrected chi connectivity index (χ3v) is 4.23. The average molecular weight is 343 g/mol. The van der Waals surface area contributed by atoms with Gasteiger partial charge in [-0.3, -0.25) is 9.98 Å². The van der Waals surface area contributed by atoms with Gasteiger partial charge in [-0.1, -0.05) is 38.9 Å². The number of rotatable bonds is 7. The van der Waals surface area contributed by atoms with E-state index in [4.69, 9.17) is 4.52 Å². The van der Waals surface area contributed by atoms with Crippen molar-refractivity contribution < 1.29 is 4.52 Å². The summed E-state index contributed by atoms with van der Waals surface area (Å²) in [6.45, 7) is 9.98. The first-order valence-electron chi connectivity index (χ1n) is 8.81. The molecule has 6 nitrogen and oxygen atoms in total. The molecule has 0 saturated heterocycles. The third-order valence-electron chi connectivity index (χ3n) is 4.23. The first-order valence-corrected chi connectivity index (χ1v) is 8.81. The van der Waals surface area contributed by atoms with Crippen molar-refractivity contribution in [2.75, 3.05) is 13.6 Å². The van der Waals surface area contributed by atoms with Crippen LogP contribution in [0.4, 0.5) is 0 Å². The minimum Gasteiger partial charge on any atom is -0.359 e. The summed E-state index contributed by atoms with van der Waals surface area (Å²) in [6, 6.07) is 6.09. The van der Waals surface area contributed by atoms with Crippen molar-refractivity contribution in [1.82, 2.24) is 20.8 Å². The van der Waals surface area contributed by atoms with E-state index < -0.39 is 0 Å². The van der Waals surface area contributed by atoms with E-state index in [1.165, 1.54) is 5.56 Å². The van der Waals surface area contributed by atoms with Crippen molar-refractivity contribution in [2.24, 2.45) is 10.9 Å². The van der Waals surface area contributed by atoms with Crippen molar-refractivity contribution in [3.8, 4) is 0 Å². The number of hydrogen-bond acceptors (Lipinski definition) is 4. The van der Waals surface area contributed by atoms with Gasteiger partial charge in [0.05, 0.1) is 12.2 Å². The monoisotopic (exact) mass is 343 g/mol. The lowest BCUT2D eigenvalue weighted by Crippen LogP contribution is -2.39. The van der Waals surface area contributed by atoms with E-state index in [9.17, 15) is 0 Å². The number of hydrogen-bond donors (Lipinski definition) is 2. The van der Waals surface area contributed by atoms with Crippen LogP contribution in [0.1, 0.15) is 56.5 Å². The number of aromatic nitrogens is 2. The molecule has 2 rings (SSSR count). The maximum absolute atomic E-state index is 5.35. The van der Waals surface area contributed by atoms with Crippen LogP contribution >= 0.6 is 0 Å². The molecular formula is C19H29N5O. The van der Waals surface area contributed by atoms with Gasteiger partial charge in [0.2, 0.25) is 0 Å². The van der Waals surface area contributed by atoms with Gasteiger partial charge in [0.25, 0.3) is 0 Å². The summed E-state index contributed by atoms with van der Waals surface area (Å²) >= 11 is 0. The van der Waals surface area contributed by atoms with Crippen LogP contribution in [0.2, 0.25) is 0 Å². The van der Waals surface area contributed by atoms with E-state index in [1.807, 2.05) is 18.3 Å². The van der Waals surface area contributed by atoms with Crippen LogP contribution in [-0.2, 0) is 6.54 Å². The van der Waals surface area contributed by atoms with Crippen molar-refractivity contribution in [3.05, 3.63) is 47.6 Å². The van der Waals surface area contributed by atoms with Gasteiger partial charge in [-0.2, -0.15) is 0 Å². The van der Waals surface area contributed by atoms with Crippen LogP contribution in [-0.4, -0.2) is 29.7 Å². The van der Waals surface area contributed by atoms with Crippen molar-refractivity contribution >= 4 is 5.96 Å². The lowest BCUT2D eigenvalue weighted by molar-refractivity contribution is 0.371. The van der Waals surface area contributed by atoms with E-state index >= 15 is 0 Å². The topological polar surface area (TPSA) is 75.3 Å². The molecule has 0 aliphatic carbocycles. The van der Waals surface area contributed by atoms with Gasteiger partial charge in [-0.25, -0.2) is 0 Å². The van der Waals surface area contributed by atoms with Crippen LogP contribution in [0.3, 0.4) is 0 Å². The van der Waals surface area contributed by atoms with Crippen LogP contribution < -0.4 is 10.6 Å². The summed E-state index contributed by atoms with van der Waals surface area (Å²) in [5, 5.41) is 10.7. The fourth-order valence-electron chi connectivity index (χ4n) is 2.62. The molecule has 0 radical (unpaired) electrons. The zero-order valence-electron chi connectivity index (χ0n) is 15.8. The van der Waals surface area contributed by atoms with Gasteiger partial charge in [0, 0.05) is 38.0 Å². The number of nitrogens with one attached hydrogen (secondary N) is 2. The van der Waals surface area contributed by atoms with Crippen LogP contribution in [0.5, 0.6) is 0 Å². The molecule has 136 valence electrons. The SMILES string of the molecule is CN=C(NCc1cc(C(C)C)no1)NCC(c1cccnc1)C(C)C. The Balaban J connectivity index is 1.90. The van der Waals surface area contributed by atoms with E-state index in [2.05, 4.69) is 59.5 Å². The van der Waals surface area contributed by atoms with Gasteiger partial charge in [-0.05, 0) is 23.5 Å². The summed E-state index contributed by atoms with van der Waals surface area (Å²) in [6.07, 6.45) is 3.74. The quantitative estimate of drug-likeness (QED) is 0.596. The van der Waals surface area contributed by atoms with Gasteiger partial charge < -0.3 is 15.2 Å². The van der Waals surface area contributed by atoms with E-state index in [-0.39, 0.29) is 0 Å². The average Bonchev–Trinajstić information content (AvgIpc) is 3.08. The van der Waals surface area contributed by atoms with Crippen molar-refractivity contribution in [2.45, 2.75) is 46.1 Å². The summed E-state index contributed by atoms with van der Waals surface area (Å²) < 4.78 is 5.35. The Kier molecular flexibility index (Phi) is 6.98. The summed E-state index contributed by atoms with van der Waals surface area (Å²) in [4.78, 5) is 8.52. The Morgan fingerprint density at radius 1 is 1.24 bits per heavy atom. The Hall–Kier alpha value is -2.37. The standard InChI is InChI=1S/C19H29N5O/c1-13(2)17(15-7-6-8-21-10-15)12-23-19(20-5)22-11-16-9-18(14(3)4)24-25-16/h6-10,13-14,17H,11-12H2,1-5H3,(H2,20,22,23). The summed E-state index contributed by atoms with van der Waals surface area (Å²) in [5.74, 6) is 2.78. The Morgan fingerprint density at radius 2 is 2.04 bits per heavy atom. The predicted octanol–water partition coefficient (Wildman–Crippen LogP) is 3.30. The Morgan fingerprint density at radius 3 is 2.60 bits per heavy atom. The summed E-state index contributed by atoms with van der Waals surface area (Å²) in [5.41, 5.74) is 2.20.